The van der Waals surface area contributed by atoms with Crippen LogP contribution in [0, 0.1) is 6.92 Å². The second kappa shape index (κ2) is 9.46. The number of aryl methyl sites for hydroxylation is 2. The van der Waals surface area contributed by atoms with Gasteiger partial charge < -0.3 is 14.4 Å². The molecular formula is C21H27N3O3. The van der Waals surface area contributed by atoms with E-state index in [0.717, 1.165) is 42.8 Å². The van der Waals surface area contributed by atoms with E-state index < -0.39 is 0 Å². The SMILES string of the molecule is CCc1nc(C)ccc1OCC(=O)N1CCCC(OCc2cccnc2)C1. The molecule has 1 atom stereocenters. The summed E-state index contributed by atoms with van der Waals surface area (Å²) in [6.45, 7) is 5.90. The van der Waals surface area contributed by atoms with Gasteiger partial charge in [0.25, 0.3) is 5.91 Å². The number of hydrogen-bond donors (Lipinski definition) is 0. The highest BCUT2D eigenvalue weighted by Crippen LogP contribution is 2.19. The standard InChI is InChI=1S/C21H27N3O3/c1-3-19-20(9-8-16(2)23-19)27-15-21(25)24-11-5-7-18(13-24)26-14-17-6-4-10-22-12-17/h4,6,8-10,12,18H,3,5,7,11,13-15H2,1-2H3. The molecule has 2 aromatic rings. The summed E-state index contributed by atoms with van der Waals surface area (Å²) in [5, 5.41) is 0. The van der Waals surface area contributed by atoms with E-state index in [0.29, 0.717) is 18.9 Å². The Kier molecular flexibility index (Phi) is 6.76. The molecule has 0 aliphatic carbocycles. The maximum absolute atomic E-state index is 12.6. The lowest BCUT2D eigenvalue weighted by Gasteiger charge is -2.32. The van der Waals surface area contributed by atoms with Gasteiger partial charge >= 0.3 is 0 Å². The van der Waals surface area contributed by atoms with Crippen molar-refractivity contribution in [3.05, 3.63) is 53.6 Å². The molecule has 2 aromatic heterocycles. The van der Waals surface area contributed by atoms with Crippen LogP contribution in [0.25, 0.3) is 0 Å². The van der Waals surface area contributed by atoms with Crippen molar-refractivity contribution in [1.82, 2.24) is 14.9 Å². The van der Waals surface area contributed by atoms with Crippen LogP contribution in [0.1, 0.15) is 36.7 Å². The summed E-state index contributed by atoms with van der Waals surface area (Å²) in [6, 6.07) is 7.69. The van der Waals surface area contributed by atoms with E-state index in [4.69, 9.17) is 9.47 Å². The predicted octanol–water partition coefficient (Wildman–Crippen LogP) is 2.93. The van der Waals surface area contributed by atoms with Crippen LogP contribution in [0.15, 0.2) is 36.7 Å². The van der Waals surface area contributed by atoms with E-state index in [2.05, 4.69) is 9.97 Å². The number of pyridine rings is 2. The first-order valence-corrected chi connectivity index (χ1v) is 9.53. The summed E-state index contributed by atoms with van der Waals surface area (Å²) in [5.41, 5.74) is 2.89. The van der Waals surface area contributed by atoms with Crippen LogP contribution in [0.4, 0.5) is 0 Å². The smallest absolute Gasteiger partial charge is 0.260 e. The molecule has 6 nitrogen and oxygen atoms in total. The number of carbonyl (C=O) groups excluding carboxylic acids is 1. The average Bonchev–Trinajstić information content (AvgIpc) is 2.72. The maximum Gasteiger partial charge on any atom is 0.260 e. The van der Waals surface area contributed by atoms with Gasteiger partial charge in [-0.3, -0.25) is 14.8 Å². The molecule has 1 aliphatic heterocycles. The molecule has 1 aliphatic rings. The molecule has 0 bridgehead atoms. The molecule has 6 heteroatoms. The molecule has 0 radical (unpaired) electrons. The van der Waals surface area contributed by atoms with Gasteiger partial charge in [0.1, 0.15) is 5.75 Å². The van der Waals surface area contributed by atoms with Crippen LogP contribution >= 0.6 is 0 Å². The topological polar surface area (TPSA) is 64.5 Å². The Morgan fingerprint density at radius 1 is 1.33 bits per heavy atom. The zero-order valence-corrected chi connectivity index (χ0v) is 16.1. The zero-order valence-electron chi connectivity index (χ0n) is 16.1. The van der Waals surface area contributed by atoms with Crippen molar-refractivity contribution in [2.45, 2.75) is 45.8 Å². The first kappa shape index (κ1) is 19.3. The highest BCUT2D eigenvalue weighted by atomic mass is 16.5. The Labute approximate surface area is 160 Å². The molecule has 0 saturated carbocycles. The summed E-state index contributed by atoms with van der Waals surface area (Å²) in [5.74, 6) is 0.685. The Morgan fingerprint density at radius 3 is 3.00 bits per heavy atom. The molecule has 144 valence electrons. The number of nitrogens with zero attached hydrogens (tertiary/aromatic N) is 3. The lowest BCUT2D eigenvalue weighted by molar-refractivity contribution is -0.137. The van der Waals surface area contributed by atoms with Gasteiger partial charge in [0.15, 0.2) is 6.61 Å². The van der Waals surface area contributed by atoms with Crippen molar-refractivity contribution in [2.24, 2.45) is 0 Å². The second-order valence-corrected chi connectivity index (χ2v) is 6.82. The fourth-order valence-corrected chi connectivity index (χ4v) is 3.21. The molecule has 1 unspecified atom stereocenters. The van der Waals surface area contributed by atoms with Crippen LogP contribution in [0.5, 0.6) is 5.75 Å². The molecule has 0 spiro atoms. The fraction of sp³-hybridized carbons (Fsp3) is 0.476. The zero-order chi connectivity index (χ0) is 19.1. The van der Waals surface area contributed by atoms with Gasteiger partial charge in [-0.2, -0.15) is 0 Å². The third-order valence-corrected chi connectivity index (χ3v) is 4.70. The van der Waals surface area contributed by atoms with E-state index in [1.165, 1.54) is 0 Å². The first-order valence-electron chi connectivity index (χ1n) is 9.53. The van der Waals surface area contributed by atoms with Crippen molar-refractivity contribution >= 4 is 5.91 Å². The number of rotatable bonds is 7. The number of hydrogen-bond acceptors (Lipinski definition) is 5. The minimum Gasteiger partial charge on any atom is -0.482 e. The Balaban J connectivity index is 1.49. The monoisotopic (exact) mass is 369 g/mol. The summed E-state index contributed by atoms with van der Waals surface area (Å²) < 4.78 is 11.7. The Morgan fingerprint density at radius 2 is 2.22 bits per heavy atom. The van der Waals surface area contributed by atoms with Crippen LogP contribution < -0.4 is 4.74 Å². The molecule has 1 saturated heterocycles. The summed E-state index contributed by atoms with van der Waals surface area (Å²) in [6.07, 6.45) is 6.29. The minimum atomic E-state index is -0.00712. The quantitative estimate of drug-likeness (QED) is 0.751. The van der Waals surface area contributed by atoms with Gasteiger partial charge in [0, 0.05) is 31.2 Å². The van der Waals surface area contributed by atoms with Gasteiger partial charge in [-0.1, -0.05) is 13.0 Å². The minimum absolute atomic E-state index is 0.00712. The first-order chi connectivity index (χ1) is 13.2. The largest absolute Gasteiger partial charge is 0.482 e. The number of carbonyl (C=O) groups is 1. The number of aromatic nitrogens is 2. The van der Waals surface area contributed by atoms with Crippen molar-refractivity contribution in [3.63, 3.8) is 0 Å². The lowest BCUT2D eigenvalue weighted by atomic mass is 10.1. The summed E-state index contributed by atoms with van der Waals surface area (Å²) in [7, 11) is 0. The molecule has 0 N–H and O–H groups in total. The van der Waals surface area contributed by atoms with Crippen molar-refractivity contribution in [1.29, 1.82) is 0 Å². The van der Waals surface area contributed by atoms with Crippen molar-refractivity contribution in [2.75, 3.05) is 19.7 Å². The fourth-order valence-electron chi connectivity index (χ4n) is 3.21. The summed E-state index contributed by atoms with van der Waals surface area (Å²) in [4.78, 5) is 23.0. The molecular weight excluding hydrogens is 342 g/mol. The Hall–Kier alpha value is -2.47. The van der Waals surface area contributed by atoms with Crippen LogP contribution in [-0.2, 0) is 22.6 Å². The van der Waals surface area contributed by atoms with Gasteiger partial charge in [-0.05, 0) is 49.9 Å². The van der Waals surface area contributed by atoms with Gasteiger partial charge in [0.05, 0.1) is 18.4 Å². The normalized spacial score (nSPS) is 17.0. The number of piperidine rings is 1. The molecule has 1 amide bonds. The van der Waals surface area contributed by atoms with E-state index in [1.54, 1.807) is 12.4 Å². The lowest BCUT2D eigenvalue weighted by Crippen LogP contribution is -2.45. The molecule has 1 fully saturated rings. The third kappa shape index (κ3) is 5.50. The van der Waals surface area contributed by atoms with Crippen LogP contribution in [0.3, 0.4) is 0 Å². The van der Waals surface area contributed by atoms with Gasteiger partial charge in [0.2, 0.25) is 0 Å². The third-order valence-electron chi connectivity index (χ3n) is 4.70. The van der Waals surface area contributed by atoms with Crippen LogP contribution in [-0.4, -0.2) is 46.6 Å². The van der Waals surface area contributed by atoms with E-state index in [-0.39, 0.29) is 18.6 Å². The van der Waals surface area contributed by atoms with Crippen molar-refractivity contribution < 1.29 is 14.3 Å². The molecule has 27 heavy (non-hydrogen) atoms. The highest BCUT2D eigenvalue weighted by Gasteiger charge is 2.24. The second-order valence-electron chi connectivity index (χ2n) is 6.82. The maximum atomic E-state index is 12.6. The van der Waals surface area contributed by atoms with E-state index in [1.807, 2.05) is 43.0 Å². The molecule has 0 aromatic carbocycles. The summed E-state index contributed by atoms with van der Waals surface area (Å²) >= 11 is 0. The van der Waals surface area contributed by atoms with Gasteiger partial charge in [-0.25, -0.2) is 0 Å². The number of amides is 1. The molecule has 3 rings (SSSR count). The molecule has 3 heterocycles. The van der Waals surface area contributed by atoms with Crippen LogP contribution in [0.2, 0.25) is 0 Å². The Bertz CT molecular complexity index is 752. The van der Waals surface area contributed by atoms with Crippen molar-refractivity contribution in [3.8, 4) is 5.75 Å². The average molecular weight is 369 g/mol. The predicted molar refractivity (Wildman–Crippen MR) is 102 cm³/mol. The van der Waals surface area contributed by atoms with E-state index in [9.17, 15) is 4.79 Å². The van der Waals surface area contributed by atoms with Gasteiger partial charge in [-0.15, -0.1) is 0 Å². The highest BCUT2D eigenvalue weighted by molar-refractivity contribution is 5.78. The van der Waals surface area contributed by atoms with E-state index >= 15 is 0 Å². The number of likely N-dealkylation sites (tertiary alicyclic amines) is 1. The number of ether oxygens (including phenoxy) is 2.